The number of amides is 1. The SMILES string of the molecule is CCCOc1ccc(C(=O)N(C)CCc2ccc(OC)c(OC)c2)cc1. The standard InChI is InChI=1S/C21H27NO4/c1-5-14-26-18-9-7-17(8-10-18)21(23)22(2)13-12-16-6-11-19(24-3)20(15-16)25-4/h6-11,15H,5,12-14H2,1-4H3. The zero-order valence-corrected chi connectivity index (χ0v) is 16.0. The summed E-state index contributed by atoms with van der Waals surface area (Å²) in [6.45, 7) is 3.35. The van der Waals surface area contributed by atoms with Crippen LogP contribution in [0.15, 0.2) is 42.5 Å². The molecule has 0 unspecified atom stereocenters. The highest BCUT2D eigenvalue weighted by Crippen LogP contribution is 2.27. The fourth-order valence-electron chi connectivity index (χ4n) is 2.57. The lowest BCUT2D eigenvalue weighted by atomic mass is 10.1. The van der Waals surface area contributed by atoms with Crippen molar-refractivity contribution in [1.82, 2.24) is 4.90 Å². The second-order valence-electron chi connectivity index (χ2n) is 6.04. The minimum Gasteiger partial charge on any atom is -0.494 e. The van der Waals surface area contributed by atoms with Gasteiger partial charge in [-0.3, -0.25) is 4.79 Å². The number of hydrogen-bond donors (Lipinski definition) is 0. The first-order chi connectivity index (χ1) is 12.6. The molecule has 5 nitrogen and oxygen atoms in total. The summed E-state index contributed by atoms with van der Waals surface area (Å²) in [5.41, 5.74) is 1.74. The predicted octanol–water partition coefficient (Wildman–Crippen LogP) is 3.81. The first kappa shape index (κ1) is 19.6. The third-order valence-corrected chi connectivity index (χ3v) is 4.10. The average molecular weight is 357 g/mol. The van der Waals surface area contributed by atoms with E-state index in [0.29, 0.717) is 30.2 Å². The zero-order valence-electron chi connectivity index (χ0n) is 16.0. The van der Waals surface area contributed by atoms with E-state index in [9.17, 15) is 4.79 Å². The van der Waals surface area contributed by atoms with Gasteiger partial charge in [0, 0.05) is 19.2 Å². The van der Waals surface area contributed by atoms with Gasteiger partial charge in [0.2, 0.25) is 0 Å². The van der Waals surface area contributed by atoms with Crippen LogP contribution in [0.1, 0.15) is 29.3 Å². The zero-order chi connectivity index (χ0) is 18.9. The number of ether oxygens (including phenoxy) is 3. The Labute approximate surface area is 155 Å². The monoisotopic (exact) mass is 357 g/mol. The summed E-state index contributed by atoms with van der Waals surface area (Å²) >= 11 is 0. The van der Waals surface area contributed by atoms with Gasteiger partial charge in [-0.1, -0.05) is 13.0 Å². The van der Waals surface area contributed by atoms with E-state index in [0.717, 1.165) is 24.2 Å². The molecule has 5 heteroatoms. The molecule has 0 aromatic heterocycles. The summed E-state index contributed by atoms with van der Waals surface area (Å²) in [6, 6.07) is 13.1. The second kappa shape index (κ2) is 9.70. The van der Waals surface area contributed by atoms with Crippen molar-refractivity contribution in [2.24, 2.45) is 0 Å². The molecule has 0 aliphatic heterocycles. The number of hydrogen-bond acceptors (Lipinski definition) is 4. The molecule has 140 valence electrons. The maximum Gasteiger partial charge on any atom is 0.253 e. The maximum absolute atomic E-state index is 12.6. The lowest BCUT2D eigenvalue weighted by molar-refractivity contribution is 0.0796. The van der Waals surface area contributed by atoms with Crippen LogP contribution in [0.4, 0.5) is 0 Å². The quantitative estimate of drug-likeness (QED) is 0.685. The number of nitrogens with zero attached hydrogens (tertiary/aromatic N) is 1. The minimum absolute atomic E-state index is 0.00693. The number of carbonyl (C=O) groups excluding carboxylic acids is 1. The highest BCUT2D eigenvalue weighted by Gasteiger charge is 2.12. The summed E-state index contributed by atoms with van der Waals surface area (Å²) in [7, 11) is 5.04. The number of rotatable bonds is 9. The fraction of sp³-hybridized carbons (Fsp3) is 0.381. The average Bonchev–Trinajstić information content (AvgIpc) is 2.69. The smallest absolute Gasteiger partial charge is 0.253 e. The van der Waals surface area contributed by atoms with E-state index >= 15 is 0 Å². The highest BCUT2D eigenvalue weighted by atomic mass is 16.5. The van der Waals surface area contributed by atoms with E-state index in [1.807, 2.05) is 37.4 Å². The van der Waals surface area contributed by atoms with E-state index < -0.39 is 0 Å². The third-order valence-electron chi connectivity index (χ3n) is 4.10. The number of methoxy groups -OCH3 is 2. The molecule has 2 rings (SSSR count). The molecule has 2 aromatic carbocycles. The van der Waals surface area contributed by atoms with Crippen LogP contribution in [0.2, 0.25) is 0 Å². The molecule has 1 amide bonds. The van der Waals surface area contributed by atoms with Crippen LogP contribution in [0.3, 0.4) is 0 Å². The van der Waals surface area contributed by atoms with Crippen LogP contribution in [-0.2, 0) is 6.42 Å². The summed E-state index contributed by atoms with van der Waals surface area (Å²) in [5.74, 6) is 2.18. The van der Waals surface area contributed by atoms with Crippen LogP contribution in [0.5, 0.6) is 17.2 Å². The van der Waals surface area contributed by atoms with Gasteiger partial charge in [-0.05, 0) is 54.8 Å². The van der Waals surface area contributed by atoms with Crippen molar-refractivity contribution < 1.29 is 19.0 Å². The van der Waals surface area contributed by atoms with Crippen LogP contribution >= 0.6 is 0 Å². The number of benzene rings is 2. The second-order valence-corrected chi connectivity index (χ2v) is 6.04. The van der Waals surface area contributed by atoms with Gasteiger partial charge >= 0.3 is 0 Å². The topological polar surface area (TPSA) is 48.0 Å². The van der Waals surface area contributed by atoms with Crippen LogP contribution in [0, 0.1) is 0 Å². The Morgan fingerprint density at radius 1 is 1.00 bits per heavy atom. The molecule has 0 aliphatic rings. The summed E-state index contributed by atoms with van der Waals surface area (Å²) in [4.78, 5) is 14.3. The van der Waals surface area contributed by atoms with E-state index in [4.69, 9.17) is 14.2 Å². The molecule has 0 spiro atoms. The van der Waals surface area contributed by atoms with E-state index in [1.54, 1.807) is 31.3 Å². The van der Waals surface area contributed by atoms with Crippen molar-refractivity contribution in [1.29, 1.82) is 0 Å². The van der Waals surface area contributed by atoms with E-state index in [2.05, 4.69) is 6.92 Å². The van der Waals surface area contributed by atoms with Crippen molar-refractivity contribution in [3.05, 3.63) is 53.6 Å². The predicted molar refractivity (Wildman–Crippen MR) is 102 cm³/mol. The van der Waals surface area contributed by atoms with Crippen LogP contribution in [-0.4, -0.2) is 45.2 Å². The van der Waals surface area contributed by atoms with Crippen LogP contribution < -0.4 is 14.2 Å². The Bertz CT molecular complexity index is 712. The van der Waals surface area contributed by atoms with Crippen molar-refractivity contribution in [3.63, 3.8) is 0 Å². The Balaban J connectivity index is 1.94. The fourth-order valence-corrected chi connectivity index (χ4v) is 2.57. The maximum atomic E-state index is 12.6. The third kappa shape index (κ3) is 5.15. The van der Waals surface area contributed by atoms with Gasteiger partial charge in [-0.15, -0.1) is 0 Å². The first-order valence-electron chi connectivity index (χ1n) is 8.78. The van der Waals surface area contributed by atoms with Crippen molar-refractivity contribution >= 4 is 5.91 Å². The van der Waals surface area contributed by atoms with Gasteiger partial charge in [-0.25, -0.2) is 0 Å². The molecular weight excluding hydrogens is 330 g/mol. The molecule has 0 radical (unpaired) electrons. The van der Waals surface area contributed by atoms with Crippen LogP contribution in [0.25, 0.3) is 0 Å². The number of likely N-dealkylation sites (N-methyl/N-ethyl adjacent to an activating group) is 1. The van der Waals surface area contributed by atoms with Crippen molar-refractivity contribution in [3.8, 4) is 17.2 Å². The highest BCUT2D eigenvalue weighted by molar-refractivity contribution is 5.94. The Hall–Kier alpha value is -2.69. The van der Waals surface area contributed by atoms with Gasteiger partial charge in [0.1, 0.15) is 5.75 Å². The first-order valence-corrected chi connectivity index (χ1v) is 8.78. The molecule has 0 N–H and O–H groups in total. The summed E-state index contributed by atoms with van der Waals surface area (Å²) < 4.78 is 16.1. The molecule has 26 heavy (non-hydrogen) atoms. The lowest BCUT2D eigenvalue weighted by Crippen LogP contribution is -2.28. The van der Waals surface area contributed by atoms with E-state index in [1.165, 1.54) is 0 Å². The minimum atomic E-state index is -0.00693. The molecule has 0 heterocycles. The van der Waals surface area contributed by atoms with Gasteiger partial charge in [0.05, 0.1) is 20.8 Å². The molecule has 0 atom stereocenters. The summed E-state index contributed by atoms with van der Waals surface area (Å²) in [5, 5.41) is 0. The summed E-state index contributed by atoms with van der Waals surface area (Å²) in [6.07, 6.45) is 1.69. The van der Waals surface area contributed by atoms with Gasteiger partial charge in [-0.2, -0.15) is 0 Å². The van der Waals surface area contributed by atoms with Gasteiger partial charge < -0.3 is 19.1 Å². The van der Waals surface area contributed by atoms with Crippen molar-refractivity contribution in [2.45, 2.75) is 19.8 Å². The van der Waals surface area contributed by atoms with E-state index in [-0.39, 0.29) is 5.91 Å². The molecular formula is C21H27NO4. The Kier molecular flexibility index (Phi) is 7.33. The molecule has 0 fully saturated rings. The Morgan fingerprint density at radius 2 is 1.69 bits per heavy atom. The normalized spacial score (nSPS) is 10.3. The lowest BCUT2D eigenvalue weighted by Gasteiger charge is -2.18. The van der Waals surface area contributed by atoms with Crippen molar-refractivity contribution in [2.75, 3.05) is 34.4 Å². The molecule has 0 saturated carbocycles. The molecule has 0 bridgehead atoms. The largest absolute Gasteiger partial charge is 0.494 e. The number of carbonyl (C=O) groups is 1. The molecule has 0 saturated heterocycles. The molecule has 0 aliphatic carbocycles. The van der Waals surface area contributed by atoms with Gasteiger partial charge in [0.15, 0.2) is 11.5 Å². The molecule has 2 aromatic rings. The Morgan fingerprint density at radius 3 is 2.31 bits per heavy atom. The van der Waals surface area contributed by atoms with Gasteiger partial charge in [0.25, 0.3) is 5.91 Å².